The summed E-state index contributed by atoms with van der Waals surface area (Å²) in [7, 11) is 0. The predicted octanol–water partition coefficient (Wildman–Crippen LogP) is 4.33. The van der Waals surface area contributed by atoms with Crippen molar-refractivity contribution in [3.63, 3.8) is 0 Å². The van der Waals surface area contributed by atoms with Crippen LogP contribution in [0, 0.1) is 13.3 Å². The van der Waals surface area contributed by atoms with Crippen LogP contribution in [0.5, 0.6) is 0 Å². The van der Waals surface area contributed by atoms with Crippen molar-refractivity contribution in [1.82, 2.24) is 0 Å². The van der Waals surface area contributed by atoms with Gasteiger partial charge in [-0.05, 0) is 25.7 Å². The zero-order valence-corrected chi connectivity index (χ0v) is 8.39. The summed E-state index contributed by atoms with van der Waals surface area (Å²) in [6.07, 6.45) is 15.6. The van der Waals surface area contributed by atoms with Gasteiger partial charge in [0.05, 0.1) is 0 Å². The molecule has 0 aliphatic carbocycles. The summed E-state index contributed by atoms with van der Waals surface area (Å²) in [5.74, 6) is 0. The van der Waals surface area contributed by atoms with E-state index in [9.17, 15) is 0 Å². The molecule has 0 nitrogen and oxygen atoms in total. The molecular formula is C12H22. The van der Waals surface area contributed by atoms with Crippen molar-refractivity contribution in [3.05, 3.63) is 25.5 Å². The highest BCUT2D eigenvalue weighted by Gasteiger charge is 1.85. The topological polar surface area (TPSA) is 0 Å². The van der Waals surface area contributed by atoms with Gasteiger partial charge in [0.1, 0.15) is 0 Å². The van der Waals surface area contributed by atoms with Crippen molar-refractivity contribution in [3.8, 4) is 0 Å². The Balaban J connectivity index is 2.90. The molecule has 0 aliphatic rings. The second-order valence-corrected chi connectivity index (χ2v) is 3.17. The molecule has 0 amide bonds. The van der Waals surface area contributed by atoms with Gasteiger partial charge in [0.2, 0.25) is 0 Å². The smallest absolute Gasteiger partial charge is 0.0322 e. The first-order chi connectivity index (χ1) is 5.91. The van der Waals surface area contributed by atoms with Gasteiger partial charge in [0.15, 0.2) is 0 Å². The van der Waals surface area contributed by atoms with Crippen molar-refractivity contribution in [2.45, 2.75) is 51.9 Å². The summed E-state index contributed by atoms with van der Waals surface area (Å²) < 4.78 is 0. The van der Waals surface area contributed by atoms with Crippen LogP contribution in [0.15, 0.2) is 12.2 Å². The highest BCUT2D eigenvalue weighted by Crippen LogP contribution is 2.05. The largest absolute Gasteiger partial charge is 0.0885 e. The van der Waals surface area contributed by atoms with Gasteiger partial charge in [-0.3, -0.25) is 0 Å². The summed E-state index contributed by atoms with van der Waals surface area (Å²) in [4.78, 5) is 0. The van der Waals surface area contributed by atoms with Crippen LogP contribution in [0.25, 0.3) is 0 Å². The van der Waals surface area contributed by atoms with Crippen LogP contribution >= 0.6 is 0 Å². The summed E-state index contributed by atoms with van der Waals surface area (Å²) in [5, 5.41) is 0. The van der Waals surface area contributed by atoms with Crippen LogP contribution < -0.4 is 0 Å². The molecule has 0 rings (SSSR count). The van der Waals surface area contributed by atoms with Crippen molar-refractivity contribution >= 4 is 0 Å². The first kappa shape index (κ1) is 11.7. The molecular weight excluding hydrogens is 144 g/mol. The van der Waals surface area contributed by atoms with E-state index in [0.717, 1.165) is 12.8 Å². The molecule has 12 heavy (non-hydrogen) atoms. The maximum Gasteiger partial charge on any atom is -0.0322 e. The second-order valence-electron chi connectivity index (χ2n) is 3.17. The van der Waals surface area contributed by atoms with Crippen LogP contribution in [0.4, 0.5) is 0 Å². The zero-order chi connectivity index (χ0) is 9.07. The molecule has 0 fully saturated rings. The summed E-state index contributed by atoms with van der Waals surface area (Å²) in [5.41, 5.74) is 0. The average molecular weight is 166 g/mol. The first-order valence-electron chi connectivity index (χ1n) is 5.14. The number of hydrogen-bond donors (Lipinski definition) is 0. The molecule has 0 aliphatic heterocycles. The molecule has 0 atom stereocenters. The Bertz CT molecular complexity index is 92.2. The third kappa shape index (κ3) is 9.74. The van der Waals surface area contributed by atoms with E-state index in [1.54, 1.807) is 0 Å². The van der Waals surface area contributed by atoms with Gasteiger partial charge in [-0.25, -0.2) is 0 Å². The highest BCUT2D eigenvalue weighted by atomic mass is 13.9. The third-order valence-corrected chi connectivity index (χ3v) is 1.91. The van der Waals surface area contributed by atoms with Gasteiger partial charge < -0.3 is 0 Å². The van der Waals surface area contributed by atoms with E-state index in [2.05, 4.69) is 32.4 Å². The van der Waals surface area contributed by atoms with E-state index >= 15 is 0 Å². The van der Waals surface area contributed by atoms with Crippen molar-refractivity contribution < 1.29 is 0 Å². The number of allylic oxidation sites excluding steroid dienone is 2. The molecule has 0 heterocycles. The number of rotatable bonds is 8. The van der Waals surface area contributed by atoms with Crippen molar-refractivity contribution in [2.24, 2.45) is 0 Å². The molecule has 0 aromatic rings. The Labute approximate surface area is 78.1 Å². The van der Waals surface area contributed by atoms with Gasteiger partial charge >= 0.3 is 0 Å². The molecule has 0 aromatic carbocycles. The highest BCUT2D eigenvalue weighted by molar-refractivity contribution is 4.85. The lowest BCUT2D eigenvalue weighted by molar-refractivity contribution is 0.651. The minimum absolute atomic E-state index is 1.10. The minimum atomic E-state index is 1.10. The molecule has 0 saturated heterocycles. The van der Waals surface area contributed by atoms with E-state index in [1.807, 2.05) is 0 Å². The fourth-order valence-corrected chi connectivity index (χ4v) is 1.14. The lowest BCUT2D eigenvalue weighted by Gasteiger charge is -1.95. The minimum Gasteiger partial charge on any atom is -0.0885 e. The average Bonchev–Trinajstić information content (AvgIpc) is 2.10. The SMILES string of the molecule is [CH2]CCCCCCC=CC[CH]C. The van der Waals surface area contributed by atoms with E-state index in [-0.39, 0.29) is 0 Å². The van der Waals surface area contributed by atoms with Gasteiger partial charge in [0, 0.05) is 0 Å². The normalized spacial score (nSPS) is 11.2. The van der Waals surface area contributed by atoms with E-state index in [4.69, 9.17) is 0 Å². The summed E-state index contributed by atoms with van der Waals surface area (Å²) in [6, 6.07) is 0. The molecule has 0 aromatic heterocycles. The summed E-state index contributed by atoms with van der Waals surface area (Å²) >= 11 is 0. The molecule has 0 N–H and O–H groups in total. The predicted molar refractivity (Wildman–Crippen MR) is 56.8 cm³/mol. The van der Waals surface area contributed by atoms with E-state index in [1.165, 1.54) is 32.1 Å². The van der Waals surface area contributed by atoms with Gasteiger partial charge in [0.25, 0.3) is 0 Å². The standard InChI is InChI=1S/C12H22/c1-3-5-7-9-11-12-10-8-6-4-2/h4,8,10H,1,3,5-7,9,11-12H2,2H3. The number of unbranched alkanes of at least 4 members (excludes halogenated alkanes) is 6. The maximum absolute atomic E-state index is 3.83. The first-order valence-corrected chi connectivity index (χ1v) is 5.14. The quantitative estimate of drug-likeness (QED) is 0.372. The third-order valence-electron chi connectivity index (χ3n) is 1.91. The number of hydrogen-bond acceptors (Lipinski definition) is 0. The van der Waals surface area contributed by atoms with Gasteiger partial charge in [-0.15, -0.1) is 0 Å². The van der Waals surface area contributed by atoms with E-state index in [0.29, 0.717) is 0 Å². The van der Waals surface area contributed by atoms with Gasteiger partial charge in [-0.1, -0.05) is 51.7 Å². The van der Waals surface area contributed by atoms with Crippen LogP contribution in [-0.2, 0) is 0 Å². The molecule has 70 valence electrons. The molecule has 0 unspecified atom stereocenters. The lowest BCUT2D eigenvalue weighted by atomic mass is 10.1. The van der Waals surface area contributed by atoms with Crippen molar-refractivity contribution in [1.29, 1.82) is 0 Å². The monoisotopic (exact) mass is 166 g/mol. The fraction of sp³-hybridized carbons (Fsp3) is 0.667. The molecule has 0 heteroatoms. The van der Waals surface area contributed by atoms with Crippen LogP contribution in [0.3, 0.4) is 0 Å². The molecule has 0 saturated carbocycles. The van der Waals surface area contributed by atoms with Crippen molar-refractivity contribution in [2.75, 3.05) is 0 Å². The molecule has 2 radical (unpaired) electrons. The Morgan fingerprint density at radius 1 is 1.00 bits per heavy atom. The molecule has 0 bridgehead atoms. The molecule has 0 spiro atoms. The maximum atomic E-state index is 3.83. The lowest BCUT2D eigenvalue weighted by Crippen LogP contribution is -1.75. The van der Waals surface area contributed by atoms with Gasteiger partial charge in [-0.2, -0.15) is 0 Å². The second kappa shape index (κ2) is 10.7. The van der Waals surface area contributed by atoms with Crippen LogP contribution in [0.2, 0.25) is 0 Å². The Kier molecular flexibility index (Phi) is 10.5. The Hall–Kier alpha value is -0.260. The Morgan fingerprint density at radius 3 is 2.42 bits per heavy atom. The fourth-order valence-electron chi connectivity index (χ4n) is 1.14. The summed E-state index contributed by atoms with van der Waals surface area (Å²) in [6.45, 7) is 5.92. The van der Waals surface area contributed by atoms with E-state index < -0.39 is 0 Å². The Morgan fingerprint density at radius 2 is 1.75 bits per heavy atom. The van der Waals surface area contributed by atoms with Crippen LogP contribution in [0.1, 0.15) is 51.9 Å². The zero-order valence-electron chi connectivity index (χ0n) is 8.39. The van der Waals surface area contributed by atoms with Crippen LogP contribution in [-0.4, -0.2) is 0 Å².